The van der Waals surface area contributed by atoms with Gasteiger partial charge in [-0.05, 0) is 44.2 Å². The molecule has 2 N–H and O–H groups in total. The zero-order chi connectivity index (χ0) is 15.9. The lowest BCUT2D eigenvalue weighted by molar-refractivity contribution is 0.585. The Hall–Kier alpha value is -1.22. The fourth-order valence-corrected chi connectivity index (χ4v) is 2.75. The van der Waals surface area contributed by atoms with E-state index in [-0.39, 0.29) is 36.1 Å². The molecule has 0 saturated carbocycles. The summed E-state index contributed by atoms with van der Waals surface area (Å²) in [4.78, 5) is 6.74. The lowest BCUT2D eigenvalue weighted by atomic mass is 10.2. The fourth-order valence-electron chi connectivity index (χ4n) is 1.92. The largest absolute Gasteiger partial charge is 0.357 e. The molecule has 0 amide bonds. The Balaban J connectivity index is 0.00000264. The fraction of sp³-hybridized carbons (Fsp3) is 0.312. The van der Waals surface area contributed by atoms with Crippen LogP contribution in [0.3, 0.4) is 0 Å². The van der Waals surface area contributed by atoms with Crippen LogP contribution >= 0.6 is 35.3 Å². The second-order valence-electron chi connectivity index (χ2n) is 4.80. The van der Waals surface area contributed by atoms with Crippen LogP contribution < -0.4 is 10.6 Å². The summed E-state index contributed by atoms with van der Waals surface area (Å²) in [5, 5.41) is 6.28. The smallest absolute Gasteiger partial charge is 0.191 e. The molecule has 3 nitrogen and oxygen atoms in total. The van der Waals surface area contributed by atoms with Crippen molar-refractivity contribution in [3.05, 3.63) is 57.3 Å². The Morgan fingerprint density at radius 1 is 1.17 bits per heavy atom. The minimum atomic E-state index is -0.460. The molecule has 0 unspecified atom stereocenters. The van der Waals surface area contributed by atoms with Crippen LogP contribution in [0.5, 0.6) is 0 Å². The quantitative estimate of drug-likeness (QED) is 0.406. The monoisotopic (exact) mass is 451 g/mol. The van der Waals surface area contributed by atoms with E-state index < -0.39 is 11.6 Å². The number of aryl methyl sites for hydroxylation is 1. The molecule has 0 saturated heterocycles. The van der Waals surface area contributed by atoms with E-state index in [4.69, 9.17) is 0 Å². The van der Waals surface area contributed by atoms with Gasteiger partial charge < -0.3 is 10.6 Å². The number of aliphatic imine (C=N–C) groups is 1. The van der Waals surface area contributed by atoms with Gasteiger partial charge in [-0.3, -0.25) is 0 Å². The highest BCUT2D eigenvalue weighted by atomic mass is 127. The van der Waals surface area contributed by atoms with Gasteiger partial charge in [0.25, 0.3) is 0 Å². The van der Waals surface area contributed by atoms with Gasteiger partial charge in [0.1, 0.15) is 11.6 Å². The number of hydrogen-bond acceptors (Lipinski definition) is 2. The van der Waals surface area contributed by atoms with Crippen molar-refractivity contribution in [2.45, 2.75) is 26.9 Å². The van der Waals surface area contributed by atoms with Crippen molar-refractivity contribution >= 4 is 41.3 Å². The van der Waals surface area contributed by atoms with Gasteiger partial charge in [-0.2, -0.15) is 0 Å². The number of thiophene rings is 1. The first-order chi connectivity index (χ1) is 10.6. The van der Waals surface area contributed by atoms with Gasteiger partial charge in [0.15, 0.2) is 5.96 Å². The molecule has 1 aromatic heterocycles. The third kappa shape index (κ3) is 6.42. The molecule has 1 heterocycles. The number of halogens is 3. The third-order valence-corrected chi connectivity index (χ3v) is 3.99. The first-order valence-electron chi connectivity index (χ1n) is 7.10. The van der Waals surface area contributed by atoms with Crippen molar-refractivity contribution in [3.8, 4) is 0 Å². The van der Waals surface area contributed by atoms with Crippen LogP contribution in [0.15, 0.2) is 35.3 Å². The summed E-state index contributed by atoms with van der Waals surface area (Å²) < 4.78 is 26.7. The lowest BCUT2D eigenvalue weighted by Gasteiger charge is -2.10. The second-order valence-corrected chi connectivity index (χ2v) is 6.17. The molecule has 2 rings (SSSR count). The number of nitrogens with one attached hydrogen (secondary N) is 2. The summed E-state index contributed by atoms with van der Waals surface area (Å²) in [5.74, 6) is -0.328. The first kappa shape index (κ1) is 19.8. The molecular formula is C16H20F2IN3S. The number of rotatable bonds is 5. The average molecular weight is 451 g/mol. The van der Waals surface area contributed by atoms with Crippen LogP contribution in [0.4, 0.5) is 8.78 Å². The zero-order valence-electron chi connectivity index (χ0n) is 13.0. The molecule has 1 aromatic carbocycles. The Morgan fingerprint density at radius 2 is 1.96 bits per heavy atom. The molecule has 0 bridgehead atoms. The summed E-state index contributed by atoms with van der Waals surface area (Å²) in [7, 11) is 0. The maximum atomic E-state index is 13.6. The highest BCUT2D eigenvalue weighted by Gasteiger charge is 2.05. The van der Waals surface area contributed by atoms with E-state index in [9.17, 15) is 8.78 Å². The Kier molecular flexibility index (Phi) is 8.46. The van der Waals surface area contributed by atoms with Crippen LogP contribution in [0.2, 0.25) is 0 Å². The molecule has 0 fully saturated rings. The SMILES string of the molecule is CCNC(=NCc1cc(F)ccc1F)NCc1ccc(C)s1.I. The van der Waals surface area contributed by atoms with E-state index in [1.54, 1.807) is 11.3 Å². The summed E-state index contributed by atoms with van der Waals surface area (Å²) in [6.07, 6.45) is 0. The van der Waals surface area contributed by atoms with Crippen LogP contribution in [-0.2, 0) is 13.1 Å². The van der Waals surface area contributed by atoms with Gasteiger partial charge in [-0.15, -0.1) is 35.3 Å². The first-order valence-corrected chi connectivity index (χ1v) is 7.91. The predicted octanol–water partition coefficient (Wildman–Crippen LogP) is 4.21. The molecule has 126 valence electrons. The van der Waals surface area contributed by atoms with Crippen molar-refractivity contribution in [1.82, 2.24) is 10.6 Å². The average Bonchev–Trinajstić information content (AvgIpc) is 2.91. The van der Waals surface area contributed by atoms with E-state index in [1.807, 2.05) is 6.92 Å². The van der Waals surface area contributed by atoms with Crippen molar-refractivity contribution in [1.29, 1.82) is 0 Å². The highest BCUT2D eigenvalue weighted by molar-refractivity contribution is 14.0. The minimum Gasteiger partial charge on any atom is -0.357 e. The van der Waals surface area contributed by atoms with Crippen LogP contribution in [-0.4, -0.2) is 12.5 Å². The van der Waals surface area contributed by atoms with E-state index in [2.05, 4.69) is 34.7 Å². The third-order valence-electron chi connectivity index (χ3n) is 2.99. The Labute approximate surface area is 156 Å². The van der Waals surface area contributed by atoms with E-state index >= 15 is 0 Å². The van der Waals surface area contributed by atoms with Gasteiger partial charge in [0.2, 0.25) is 0 Å². The second kappa shape index (κ2) is 9.82. The lowest BCUT2D eigenvalue weighted by Crippen LogP contribution is -2.36. The maximum Gasteiger partial charge on any atom is 0.191 e. The molecule has 0 aliphatic rings. The normalized spacial score (nSPS) is 11.0. The molecule has 2 aromatic rings. The number of guanidine groups is 1. The molecule has 7 heteroatoms. The Morgan fingerprint density at radius 3 is 2.61 bits per heavy atom. The maximum absolute atomic E-state index is 13.6. The molecule has 0 aliphatic carbocycles. The van der Waals surface area contributed by atoms with Gasteiger partial charge in [-0.25, -0.2) is 13.8 Å². The Bertz CT molecular complexity index is 659. The predicted molar refractivity (Wildman–Crippen MR) is 102 cm³/mol. The van der Waals surface area contributed by atoms with E-state index in [1.165, 1.54) is 15.8 Å². The van der Waals surface area contributed by atoms with Gasteiger partial charge in [0, 0.05) is 21.9 Å². The van der Waals surface area contributed by atoms with Gasteiger partial charge in [-0.1, -0.05) is 0 Å². The molecule has 23 heavy (non-hydrogen) atoms. The van der Waals surface area contributed by atoms with E-state index in [0.29, 0.717) is 19.0 Å². The summed E-state index contributed by atoms with van der Waals surface area (Å²) in [6.45, 7) is 5.44. The molecule has 0 atom stereocenters. The minimum absolute atomic E-state index is 0. The van der Waals surface area contributed by atoms with E-state index in [0.717, 1.165) is 12.1 Å². The molecule has 0 spiro atoms. The zero-order valence-corrected chi connectivity index (χ0v) is 16.2. The summed E-state index contributed by atoms with van der Waals surface area (Å²) in [6, 6.07) is 7.52. The van der Waals surface area contributed by atoms with Crippen molar-refractivity contribution < 1.29 is 8.78 Å². The highest BCUT2D eigenvalue weighted by Crippen LogP contribution is 2.14. The number of nitrogens with zero attached hydrogens (tertiary/aromatic N) is 1. The van der Waals surface area contributed by atoms with Crippen molar-refractivity contribution in [3.63, 3.8) is 0 Å². The number of benzene rings is 1. The number of hydrogen-bond donors (Lipinski definition) is 2. The van der Waals surface area contributed by atoms with Crippen LogP contribution in [0.1, 0.15) is 22.2 Å². The van der Waals surface area contributed by atoms with Gasteiger partial charge >= 0.3 is 0 Å². The van der Waals surface area contributed by atoms with Crippen molar-refractivity contribution in [2.24, 2.45) is 4.99 Å². The van der Waals surface area contributed by atoms with Crippen LogP contribution in [0.25, 0.3) is 0 Å². The summed E-state index contributed by atoms with van der Waals surface area (Å²) in [5.41, 5.74) is 0.240. The van der Waals surface area contributed by atoms with Crippen molar-refractivity contribution in [2.75, 3.05) is 6.54 Å². The topological polar surface area (TPSA) is 36.4 Å². The van der Waals surface area contributed by atoms with Gasteiger partial charge in [0.05, 0.1) is 13.1 Å². The molecule has 0 aliphatic heterocycles. The van der Waals surface area contributed by atoms with Crippen LogP contribution in [0, 0.1) is 18.6 Å². The summed E-state index contributed by atoms with van der Waals surface area (Å²) >= 11 is 1.71. The molecular weight excluding hydrogens is 431 g/mol. The molecule has 0 radical (unpaired) electrons. The standard InChI is InChI=1S/C16H19F2N3S.HI/c1-3-19-16(21-10-14-6-4-11(2)22-14)20-9-12-8-13(17)5-7-15(12)18;/h4-8H,3,9-10H2,1-2H3,(H2,19,20,21);1H.